The lowest BCUT2D eigenvalue weighted by atomic mass is 10.1. The minimum atomic E-state index is -3.58. The van der Waals surface area contributed by atoms with E-state index < -0.39 is 20.1 Å². The maximum atomic E-state index is 13.1. The fraction of sp³-hybridized carbons (Fsp3) is 0.333. The van der Waals surface area contributed by atoms with E-state index in [1.165, 1.54) is 24.3 Å². The molecule has 0 saturated carbocycles. The molecule has 6 nitrogen and oxygen atoms in total. The summed E-state index contributed by atoms with van der Waals surface area (Å²) in [6.45, 7) is 2.73. The lowest BCUT2D eigenvalue weighted by Crippen LogP contribution is -2.37. The third kappa shape index (κ3) is 3.43. The molecule has 0 radical (unpaired) electrons. The maximum Gasteiger partial charge on any atom is 0.269 e. The average Bonchev–Trinajstić information content (AvgIpc) is 3.12. The number of hydrogen-bond acceptors (Lipinski definition) is 5. The van der Waals surface area contributed by atoms with Gasteiger partial charge in [-0.15, -0.1) is 0 Å². The van der Waals surface area contributed by atoms with E-state index in [2.05, 4.69) is 0 Å². The molecule has 0 aliphatic carbocycles. The first-order valence-electron chi connectivity index (χ1n) is 8.20. The van der Waals surface area contributed by atoms with Crippen molar-refractivity contribution in [2.24, 2.45) is 0 Å². The fourth-order valence-corrected chi connectivity index (χ4v) is 5.32. The van der Waals surface area contributed by atoms with Crippen LogP contribution < -0.4 is 0 Å². The van der Waals surface area contributed by atoms with Gasteiger partial charge in [0.25, 0.3) is 5.69 Å². The summed E-state index contributed by atoms with van der Waals surface area (Å²) in [5.74, 6) is 0. The van der Waals surface area contributed by atoms with Crippen LogP contribution in [0.3, 0.4) is 0 Å². The third-order valence-electron chi connectivity index (χ3n) is 4.75. The van der Waals surface area contributed by atoms with Crippen molar-refractivity contribution in [1.29, 1.82) is 0 Å². The number of benzene rings is 2. The van der Waals surface area contributed by atoms with Crippen molar-refractivity contribution in [1.82, 2.24) is 4.90 Å². The summed E-state index contributed by atoms with van der Waals surface area (Å²) in [6, 6.07) is 15.0. The van der Waals surface area contributed by atoms with Gasteiger partial charge in [0.15, 0.2) is 9.84 Å². The van der Waals surface area contributed by atoms with Gasteiger partial charge in [-0.1, -0.05) is 30.3 Å². The van der Waals surface area contributed by atoms with E-state index in [1.807, 2.05) is 42.2 Å². The summed E-state index contributed by atoms with van der Waals surface area (Å²) in [5.41, 5.74) is 0.966. The van der Waals surface area contributed by atoms with Crippen molar-refractivity contribution in [3.8, 4) is 0 Å². The van der Waals surface area contributed by atoms with Gasteiger partial charge in [-0.25, -0.2) is 8.42 Å². The molecule has 132 valence electrons. The summed E-state index contributed by atoms with van der Waals surface area (Å²) >= 11 is 0. The summed E-state index contributed by atoms with van der Waals surface area (Å²) < 4.78 is 26.1. The minimum absolute atomic E-state index is 0.0125. The summed E-state index contributed by atoms with van der Waals surface area (Å²) in [6.07, 6.45) is 1.38. The molecule has 0 aromatic heterocycles. The van der Waals surface area contributed by atoms with Crippen LogP contribution in [0.2, 0.25) is 0 Å². The number of hydrogen-bond donors (Lipinski definition) is 0. The Bertz CT molecular complexity index is 850. The Morgan fingerprint density at radius 3 is 2.36 bits per heavy atom. The number of nitrogens with zero attached hydrogens (tertiary/aromatic N) is 2. The zero-order valence-electron chi connectivity index (χ0n) is 13.9. The number of non-ortho nitro benzene ring substituents is 1. The van der Waals surface area contributed by atoms with Crippen LogP contribution in [0, 0.1) is 10.1 Å². The third-order valence-corrected chi connectivity index (χ3v) is 6.90. The van der Waals surface area contributed by atoms with Crippen molar-refractivity contribution in [2.45, 2.75) is 36.1 Å². The van der Waals surface area contributed by atoms with Gasteiger partial charge in [0.05, 0.1) is 9.82 Å². The Labute approximate surface area is 147 Å². The molecule has 0 N–H and O–H groups in total. The predicted molar refractivity (Wildman–Crippen MR) is 94.9 cm³/mol. The van der Waals surface area contributed by atoms with E-state index in [4.69, 9.17) is 0 Å². The van der Waals surface area contributed by atoms with E-state index in [-0.39, 0.29) is 16.6 Å². The van der Waals surface area contributed by atoms with Gasteiger partial charge in [-0.3, -0.25) is 15.0 Å². The van der Waals surface area contributed by atoms with Crippen LogP contribution in [0.15, 0.2) is 59.5 Å². The molecule has 1 saturated heterocycles. The molecule has 1 aliphatic rings. The molecule has 0 spiro atoms. The monoisotopic (exact) mass is 360 g/mol. The number of nitro benzene ring substituents is 1. The van der Waals surface area contributed by atoms with Gasteiger partial charge in [-0.05, 0) is 37.5 Å². The topological polar surface area (TPSA) is 80.5 Å². The number of sulfone groups is 1. The first-order chi connectivity index (χ1) is 11.9. The summed E-state index contributed by atoms with van der Waals surface area (Å²) in [7, 11) is -3.58. The normalized spacial score (nSPS) is 19.6. The maximum absolute atomic E-state index is 13.1. The molecule has 0 amide bonds. The van der Waals surface area contributed by atoms with Gasteiger partial charge in [0.2, 0.25) is 0 Å². The van der Waals surface area contributed by atoms with Crippen LogP contribution in [0.25, 0.3) is 0 Å². The van der Waals surface area contributed by atoms with Crippen molar-refractivity contribution in [3.63, 3.8) is 0 Å². The minimum Gasteiger partial charge on any atom is -0.280 e. The molecule has 1 fully saturated rings. The fourth-order valence-electron chi connectivity index (χ4n) is 3.37. The van der Waals surface area contributed by atoms with Crippen LogP contribution in [-0.2, 0) is 9.84 Å². The van der Waals surface area contributed by atoms with Crippen LogP contribution in [0.5, 0.6) is 0 Å². The first kappa shape index (κ1) is 17.6. The Morgan fingerprint density at radius 2 is 1.76 bits per heavy atom. The Morgan fingerprint density at radius 1 is 1.12 bits per heavy atom. The second kappa shape index (κ2) is 6.93. The van der Waals surface area contributed by atoms with Crippen LogP contribution >= 0.6 is 0 Å². The molecule has 0 bridgehead atoms. The van der Waals surface area contributed by atoms with E-state index in [0.717, 1.165) is 12.0 Å². The molecule has 1 heterocycles. The van der Waals surface area contributed by atoms with E-state index in [0.29, 0.717) is 13.0 Å². The van der Waals surface area contributed by atoms with Gasteiger partial charge in [-0.2, -0.15) is 0 Å². The standard InChI is InChI=1S/C18H20N2O4S/c1-14(15-6-3-2-4-7-15)19-13-5-8-18(19)25(23,24)17-11-9-16(10-12-17)20(21)22/h2-4,6-7,9-12,14,18H,5,8,13H2,1H3/t14-,18-/m1/s1. The van der Waals surface area contributed by atoms with Crippen LogP contribution in [-0.4, -0.2) is 30.2 Å². The number of likely N-dealkylation sites (tertiary alicyclic amines) is 1. The average molecular weight is 360 g/mol. The summed E-state index contributed by atoms with van der Waals surface area (Å²) in [4.78, 5) is 12.4. The lowest BCUT2D eigenvalue weighted by molar-refractivity contribution is -0.384. The van der Waals surface area contributed by atoms with E-state index >= 15 is 0 Å². The molecular weight excluding hydrogens is 340 g/mol. The summed E-state index contributed by atoms with van der Waals surface area (Å²) in [5, 5.41) is 10.2. The molecule has 25 heavy (non-hydrogen) atoms. The van der Waals surface area contributed by atoms with Crippen molar-refractivity contribution >= 4 is 15.5 Å². The van der Waals surface area contributed by atoms with Gasteiger partial charge in [0.1, 0.15) is 5.37 Å². The predicted octanol–water partition coefficient (Wildman–Crippen LogP) is 3.55. The van der Waals surface area contributed by atoms with E-state index in [1.54, 1.807) is 0 Å². The van der Waals surface area contributed by atoms with Crippen LogP contribution in [0.4, 0.5) is 5.69 Å². The Kier molecular flexibility index (Phi) is 4.87. The van der Waals surface area contributed by atoms with Crippen molar-refractivity contribution < 1.29 is 13.3 Å². The quantitative estimate of drug-likeness (QED) is 0.602. The van der Waals surface area contributed by atoms with Crippen LogP contribution in [0.1, 0.15) is 31.4 Å². The molecule has 2 aromatic rings. The Balaban J connectivity index is 1.89. The van der Waals surface area contributed by atoms with Gasteiger partial charge < -0.3 is 0 Å². The molecule has 3 rings (SSSR count). The van der Waals surface area contributed by atoms with Gasteiger partial charge >= 0.3 is 0 Å². The highest BCUT2D eigenvalue weighted by Gasteiger charge is 2.39. The highest BCUT2D eigenvalue weighted by Crippen LogP contribution is 2.34. The SMILES string of the molecule is C[C@H](c1ccccc1)N1CCC[C@H]1S(=O)(=O)c1ccc([N+](=O)[O-])cc1. The van der Waals surface area contributed by atoms with Crippen molar-refractivity contribution in [2.75, 3.05) is 6.54 Å². The zero-order valence-corrected chi connectivity index (χ0v) is 14.7. The highest BCUT2D eigenvalue weighted by molar-refractivity contribution is 7.92. The molecule has 7 heteroatoms. The zero-order chi connectivity index (χ0) is 18.0. The smallest absolute Gasteiger partial charge is 0.269 e. The molecule has 2 aromatic carbocycles. The molecule has 0 unspecified atom stereocenters. The molecule has 1 aliphatic heterocycles. The number of rotatable bonds is 5. The largest absolute Gasteiger partial charge is 0.280 e. The number of nitro groups is 1. The van der Waals surface area contributed by atoms with Gasteiger partial charge in [0, 0.05) is 24.7 Å². The molecular formula is C18H20N2O4S. The van der Waals surface area contributed by atoms with E-state index in [9.17, 15) is 18.5 Å². The lowest BCUT2D eigenvalue weighted by Gasteiger charge is -2.30. The molecule has 2 atom stereocenters. The first-order valence-corrected chi connectivity index (χ1v) is 9.75. The second-order valence-corrected chi connectivity index (χ2v) is 8.32. The Hall–Kier alpha value is -2.25. The van der Waals surface area contributed by atoms with Crippen molar-refractivity contribution in [3.05, 3.63) is 70.3 Å². The second-order valence-electron chi connectivity index (χ2n) is 6.22. The highest BCUT2D eigenvalue weighted by atomic mass is 32.2.